The topological polar surface area (TPSA) is 97.7 Å². The minimum atomic E-state index is -0.481. The Labute approximate surface area is 201 Å². The highest BCUT2D eigenvalue weighted by molar-refractivity contribution is 14.1. The molecule has 0 spiro atoms. The van der Waals surface area contributed by atoms with Crippen LogP contribution >= 0.6 is 22.6 Å². The van der Waals surface area contributed by atoms with Gasteiger partial charge in [-0.3, -0.25) is 4.79 Å². The van der Waals surface area contributed by atoms with E-state index in [0.717, 1.165) is 12.8 Å². The van der Waals surface area contributed by atoms with E-state index in [1.165, 1.54) is 18.7 Å². The second kappa shape index (κ2) is 13.4. The number of carbonyl (C=O) groups is 2. The normalized spacial score (nSPS) is 10.8. The summed E-state index contributed by atoms with van der Waals surface area (Å²) >= 11 is 2.04. The molecule has 0 aliphatic carbocycles. The summed E-state index contributed by atoms with van der Waals surface area (Å²) in [5.74, 6) is -0.141. The molecule has 0 bridgehead atoms. The smallest absolute Gasteiger partial charge is 0.344 e. The van der Waals surface area contributed by atoms with Crippen LogP contribution in [0.2, 0.25) is 0 Å². The van der Waals surface area contributed by atoms with Gasteiger partial charge in [-0.15, -0.1) is 0 Å². The number of nitrogens with one attached hydrogen (secondary N) is 1. The molecule has 0 saturated carbocycles. The molecule has 0 unspecified atom stereocenters. The summed E-state index contributed by atoms with van der Waals surface area (Å²) in [4.78, 5) is 24.0. The molecule has 2 aromatic carbocycles. The third-order valence-corrected chi connectivity index (χ3v) is 5.14. The first-order valence-corrected chi connectivity index (χ1v) is 11.2. The first kappa shape index (κ1) is 25.2. The SMILES string of the molecule is CCOC(=O)COc1c(I)cc(/C=C(/C#N)C(=O)NCCCc2ccccc2)cc1OC. The van der Waals surface area contributed by atoms with Crippen LogP contribution in [0.25, 0.3) is 6.08 Å². The molecule has 1 amide bonds. The van der Waals surface area contributed by atoms with Gasteiger partial charge in [0.1, 0.15) is 11.6 Å². The Hall–Kier alpha value is -3.06. The van der Waals surface area contributed by atoms with Crippen LogP contribution in [0.15, 0.2) is 48.0 Å². The van der Waals surface area contributed by atoms with E-state index in [2.05, 4.69) is 5.32 Å². The van der Waals surface area contributed by atoms with Crippen molar-refractivity contribution < 1.29 is 23.8 Å². The van der Waals surface area contributed by atoms with Gasteiger partial charge in [-0.1, -0.05) is 30.3 Å². The number of benzene rings is 2. The molecule has 0 aliphatic heterocycles. The van der Waals surface area contributed by atoms with Gasteiger partial charge in [0.05, 0.1) is 17.3 Å². The van der Waals surface area contributed by atoms with E-state index in [1.54, 1.807) is 19.1 Å². The van der Waals surface area contributed by atoms with E-state index in [0.29, 0.717) is 27.2 Å². The highest BCUT2D eigenvalue weighted by Crippen LogP contribution is 2.34. The van der Waals surface area contributed by atoms with Gasteiger partial charge in [0, 0.05) is 6.54 Å². The van der Waals surface area contributed by atoms with Crippen LogP contribution in [0.5, 0.6) is 11.5 Å². The maximum atomic E-state index is 12.4. The molecule has 1 N–H and O–H groups in total. The Morgan fingerprint density at radius 1 is 1.22 bits per heavy atom. The van der Waals surface area contributed by atoms with E-state index in [9.17, 15) is 14.9 Å². The second-order valence-electron chi connectivity index (χ2n) is 6.64. The average molecular weight is 548 g/mol. The molecule has 0 heterocycles. The van der Waals surface area contributed by atoms with Crippen molar-refractivity contribution >= 4 is 40.5 Å². The van der Waals surface area contributed by atoms with Gasteiger partial charge < -0.3 is 19.5 Å². The highest BCUT2D eigenvalue weighted by Gasteiger charge is 2.15. The summed E-state index contributed by atoms with van der Waals surface area (Å²) in [6, 6.07) is 15.3. The number of carbonyl (C=O) groups excluding carboxylic acids is 2. The van der Waals surface area contributed by atoms with E-state index in [1.807, 2.05) is 59.0 Å². The summed E-state index contributed by atoms with van der Waals surface area (Å²) in [5, 5.41) is 12.2. The van der Waals surface area contributed by atoms with E-state index in [4.69, 9.17) is 14.2 Å². The average Bonchev–Trinajstić information content (AvgIpc) is 2.80. The fourth-order valence-electron chi connectivity index (χ4n) is 2.85. The number of esters is 1. The molecule has 0 fully saturated rings. The third-order valence-electron chi connectivity index (χ3n) is 4.34. The molecule has 0 atom stereocenters. The van der Waals surface area contributed by atoms with E-state index < -0.39 is 11.9 Å². The number of methoxy groups -OCH3 is 1. The van der Waals surface area contributed by atoms with Crippen molar-refractivity contribution in [3.63, 3.8) is 0 Å². The van der Waals surface area contributed by atoms with Gasteiger partial charge in [-0.25, -0.2) is 4.79 Å². The predicted octanol–water partition coefficient (Wildman–Crippen LogP) is 3.90. The molecule has 168 valence electrons. The molecule has 32 heavy (non-hydrogen) atoms. The number of rotatable bonds is 11. The van der Waals surface area contributed by atoms with Crippen molar-refractivity contribution in [1.82, 2.24) is 5.32 Å². The number of nitrogens with zero attached hydrogens (tertiary/aromatic N) is 1. The monoisotopic (exact) mass is 548 g/mol. The molecule has 0 aromatic heterocycles. The second-order valence-corrected chi connectivity index (χ2v) is 7.80. The Balaban J connectivity index is 2.03. The molecule has 2 rings (SSSR count). The molecule has 7 nitrogen and oxygen atoms in total. The predicted molar refractivity (Wildman–Crippen MR) is 129 cm³/mol. The number of hydrogen-bond acceptors (Lipinski definition) is 6. The number of amides is 1. The Kier molecular flexibility index (Phi) is 10.5. The van der Waals surface area contributed by atoms with Crippen LogP contribution in [0.4, 0.5) is 0 Å². The zero-order valence-electron chi connectivity index (χ0n) is 18.0. The summed E-state index contributed by atoms with van der Waals surface area (Å²) in [7, 11) is 1.47. The molecular formula is C24H25IN2O5. The van der Waals surface area contributed by atoms with Crippen LogP contribution in [0.1, 0.15) is 24.5 Å². The number of nitriles is 1. The highest BCUT2D eigenvalue weighted by atomic mass is 127. The largest absolute Gasteiger partial charge is 0.493 e. The lowest BCUT2D eigenvalue weighted by Crippen LogP contribution is -2.25. The Morgan fingerprint density at radius 3 is 2.62 bits per heavy atom. The lowest BCUT2D eigenvalue weighted by atomic mass is 10.1. The molecule has 0 saturated heterocycles. The number of hydrogen-bond donors (Lipinski definition) is 1. The maximum Gasteiger partial charge on any atom is 0.344 e. The van der Waals surface area contributed by atoms with Gasteiger partial charge in [-0.2, -0.15) is 5.26 Å². The van der Waals surface area contributed by atoms with Crippen molar-refractivity contribution in [2.75, 3.05) is 26.9 Å². The zero-order chi connectivity index (χ0) is 23.3. The third kappa shape index (κ3) is 7.89. The van der Waals surface area contributed by atoms with Crippen LogP contribution < -0.4 is 14.8 Å². The summed E-state index contributed by atoms with van der Waals surface area (Å²) < 4.78 is 16.4. The summed E-state index contributed by atoms with van der Waals surface area (Å²) in [6.07, 6.45) is 3.11. The lowest BCUT2D eigenvalue weighted by Gasteiger charge is -2.13. The van der Waals surface area contributed by atoms with Gasteiger partial charge in [-0.05, 0) is 71.7 Å². The molecule has 2 aromatic rings. The standard InChI is InChI=1S/C24H25IN2O5/c1-3-31-22(28)16-32-23-20(25)13-18(14-21(23)30-2)12-19(15-26)24(29)27-11-7-10-17-8-5-4-6-9-17/h4-6,8-9,12-14H,3,7,10-11,16H2,1-2H3,(H,27,29)/b19-12-. The van der Waals surface area contributed by atoms with Gasteiger partial charge in [0.2, 0.25) is 0 Å². The van der Waals surface area contributed by atoms with Crippen molar-refractivity contribution in [3.05, 3.63) is 62.7 Å². The van der Waals surface area contributed by atoms with Crippen molar-refractivity contribution in [2.24, 2.45) is 0 Å². The number of ether oxygens (including phenoxy) is 3. The number of aryl methyl sites for hydroxylation is 1. The van der Waals surface area contributed by atoms with E-state index >= 15 is 0 Å². The summed E-state index contributed by atoms with van der Waals surface area (Å²) in [6.45, 7) is 2.21. The first-order valence-electron chi connectivity index (χ1n) is 10.1. The van der Waals surface area contributed by atoms with E-state index in [-0.39, 0.29) is 18.8 Å². The molecular weight excluding hydrogens is 523 g/mol. The summed E-state index contributed by atoms with van der Waals surface area (Å²) in [5.41, 5.74) is 1.79. The molecule has 0 aliphatic rings. The van der Waals surface area contributed by atoms with Crippen molar-refractivity contribution in [1.29, 1.82) is 5.26 Å². The van der Waals surface area contributed by atoms with Crippen LogP contribution in [0.3, 0.4) is 0 Å². The fraction of sp³-hybridized carbons (Fsp3) is 0.292. The van der Waals surface area contributed by atoms with Crippen LogP contribution in [-0.2, 0) is 20.7 Å². The first-order chi connectivity index (χ1) is 15.5. The van der Waals surface area contributed by atoms with Crippen LogP contribution in [-0.4, -0.2) is 38.7 Å². The lowest BCUT2D eigenvalue weighted by molar-refractivity contribution is -0.145. The number of halogens is 1. The minimum Gasteiger partial charge on any atom is -0.493 e. The van der Waals surface area contributed by atoms with Crippen molar-refractivity contribution in [3.8, 4) is 17.6 Å². The minimum absolute atomic E-state index is 0.0113. The van der Waals surface area contributed by atoms with Gasteiger partial charge in [0.15, 0.2) is 18.1 Å². The zero-order valence-corrected chi connectivity index (χ0v) is 20.2. The molecule has 8 heteroatoms. The maximum absolute atomic E-state index is 12.4. The fourth-order valence-corrected chi connectivity index (χ4v) is 3.63. The Morgan fingerprint density at radius 2 is 1.97 bits per heavy atom. The van der Waals surface area contributed by atoms with Gasteiger partial charge in [0.25, 0.3) is 5.91 Å². The molecule has 0 radical (unpaired) electrons. The van der Waals surface area contributed by atoms with Gasteiger partial charge >= 0.3 is 5.97 Å². The Bertz CT molecular complexity index is 999. The quantitative estimate of drug-likeness (QED) is 0.151. The van der Waals surface area contributed by atoms with Crippen molar-refractivity contribution in [2.45, 2.75) is 19.8 Å². The van der Waals surface area contributed by atoms with Crippen LogP contribution in [0, 0.1) is 14.9 Å².